The van der Waals surface area contributed by atoms with Crippen LogP contribution in [0.4, 0.5) is 0 Å². The highest BCUT2D eigenvalue weighted by atomic mass is 79.9. The molecule has 0 radical (unpaired) electrons. The second kappa shape index (κ2) is 3.98. The Morgan fingerprint density at radius 1 is 1.33 bits per heavy atom. The second-order valence-corrected chi connectivity index (χ2v) is 4.91. The Kier molecular flexibility index (Phi) is 2.84. The number of aliphatic carboxylic acids is 1. The molecule has 0 amide bonds. The van der Waals surface area contributed by atoms with Crippen molar-refractivity contribution in [1.82, 2.24) is 4.98 Å². The van der Waals surface area contributed by atoms with Crippen LogP contribution in [0, 0.1) is 0 Å². The van der Waals surface area contributed by atoms with Crippen molar-refractivity contribution in [1.29, 1.82) is 0 Å². The zero-order chi connectivity index (χ0) is 11.0. The van der Waals surface area contributed by atoms with Crippen LogP contribution in [0.1, 0.15) is 5.56 Å². The van der Waals surface area contributed by atoms with Gasteiger partial charge in [0.25, 0.3) is 0 Å². The van der Waals surface area contributed by atoms with E-state index in [1.54, 1.807) is 6.20 Å². The molecule has 0 aliphatic rings. The average Bonchev–Trinajstić information content (AvgIpc) is 2.49. The third-order valence-electron chi connectivity index (χ3n) is 2.15. The van der Waals surface area contributed by atoms with Crippen LogP contribution in [-0.4, -0.2) is 16.1 Å². The molecule has 0 aliphatic heterocycles. The number of carbonyl (C=O) groups is 1. The normalized spacial score (nSPS) is 10.8. The Balaban J connectivity index is 2.59. The van der Waals surface area contributed by atoms with E-state index in [-0.39, 0.29) is 6.42 Å². The molecule has 1 aromatic heterocycles. The van der Waals surface area contributed by atoms with Gasteiger partial charge in [-0.15, -0.1) is 0 Å². The molecule has 0 atom stereocenters. The Hall–Kier alpha value is -0.810. The zero-order valence-electron chi connectivity index (χ0n) is 7.55. The van der Waals surface area contributed by atoms with Crippen LogP contribution in [0.2, 0.25) is 0 Å². The zero-order valence-corrected chi connectivity index (χ0v) is 10.7. The van der Waals surface area contributed by atoms with E-state index in [2.05, 4.69) is 36.8 Å². The molecule has 2 N–H and O–H groups in total. The maximum atomic E-state index is 10.6. The molecule has 2 aromatic rings. The van der Waals surface area contributed by atoms with Gasteiger partial charge in [0.15, 0.2) is 0 Å². The quantitative estimate of drug-likeness (QED) is 0.886. The molecule has 0 spiro atoms. The van der Waals surface area contributed by atoms with Gasteiger partial charge in [0.2, 0.25) is 0 Å². The molecule has 78 valence electrons. The van der Waals surface area contributed by atoms with Crippen molar-refractivity contribution in [3.05, 3.63) is 32.8 Å². The van der Waals surface area contributed by atoms with E-state index in [0.29, 0.717) is 0 Å². The lowest BCUT2D eigenvalue weighted by Gasteiger charge is -1.98. The SMILES string of the molecule is O=C(O)Cc1c[nH]c2cc(Br)c(Br)cc12. The topological polar surface area (TPSA) is 53.1 Å². The molecule has 0 bridgehead atoms. The molecular formula is C10H7Br2NO2. The number of hydrogen-bond donors (Lipinski definition) is 2. The van der Waals surface area contributed by atoms with E-state index in [4.69, 9.17) is 5.11 Å². The number of rotatable bonds is 2. The summed E-state index contributed by atoms with van der Waals surface area (Å²) in [6.45, 7) is 0. The lowest BCUT2D eigenvalue weighted by Crippen LogP contribution is -1.98. The van der Waals surface area contributed by atoms with E-state index >= 15 is 0 Å². The maximum Gasteiger partial charge on any atom is 0.307 e. The first kappa shape index (κ1) is 10.7. The first-order valence-corrected chi connectivity index (χ1v) is 5.83. The fourth-order valence-corrected chi connectivity index (χ4v) is 2.17. The minimum atomic E-state index is -0.824. The molecule has 5 heteroatoms. The first-order valence-electron chi connectivity index (χ1n) is 4.24. The average molecular weight is 333 g/mol. The van der Waals surface area contributed by atoms with Crippen LogP contribution in [0.5, 0.6) is 0 Å². The van der Waals surface area contributed by atoms with Crippen molar-refractivity contribution >= 4 is 48.7 Å². The van der Waals surface area contributed by atoms with Crippen LogP contribution in [0.25, 0.3) is 10.9 Å². The van der Waals surface area contributed by atoms with Crippen molar-refractivity contribution in [2.24, 2.45) is 0 Å². The molecular weight excluding hydrogens is 326 g/mol. The monoisotopic (exact) mass is 331 g/mol. The summed E-state index contributed by atoms with van der Waals surface area (Å²) in [6.07, 6.45) is 1.77. The van der Waals surface area contributed by atoms with Gasteiger partial charge in [-0.05, 0) is 49.6 Å². The molecule has 0 saturated heterocycles. The Morgan fingerprint density at radius 2 is 2.00 bits per heavy atom. The van der Waals surface area contributed by atoms with E-state index < -0.39 is 5.97 Å². The first-order chi connectivity index (χ1) is 7.08. The summed E-state index contributed by atoms with van der Waals surface area (Å²) in [6, 6.07) is 3.83. The van der Waals surface area contributed by atoms with Crippen molar-refractivity contribution in [2.45, 2.75) is 6.42 Å². The highest BCUT2D eigenvalue weighted by molar-refractivity contribution is 9.13. The summed E-state index contributed by atoms with van der Waals surface area (Å²) < 4.78 is 1.86. The summed E-state index contributed by atoms with van der Waals surface area (Å²) in [5, 5.41) is 9.67. The van der Waals surface area contributed by atoms with Gasteiger partial charge in [-0.1, -0.05) is 0 Å². The number of benzene rings is 1. The summed E-state index contributed by atoms with van der Waals surface area (Å²) >= 11 is 6.79. The van der Waals surface area contributed by atoms with E-state index in [1.165, 1.54) is 0 Å². The van der Waals surface area contributed by atoms with Gasteiger partial charge in [0.05, 0.1) is 6.42 Å². The third kappa shape index (κ3) is 2.08. The van der Waals surface area contributed by atoms with Crippen molar-refractivity contribution in [3.63, 3.8) is 0 Å². The largest absolute Gasteiger partial charge is 0.481 e. The predicted molar refractivity (Wildman–Crippen MR) is 65.0 cm³/mol. The number of hydrogen-bond acceptors (Lipinski definition) is 1. The van der Waals surface area contributed by atoms with Gasteiger partial charge >= 0.3 is 5.97 Å². The lowest BCUT2D eigenvalue weighted by molar-refractivity contribution is -0.136. The fourth-order valence-electron chi connectivity index (χ4n) is 1.48. The molecule has 3 nitrogen and oxygen atoms in total. The molecule has 15 heavy (non-hydrogen) atoms. The van der Waals surface area contributed by atoms with Crippen molar-refractivity contribution in [3.8, 4) is 0 Å². The van der Waals surface area contributed by atoms with Gasteiger partial charge in [-0.3, -0.25) is 4.79 Å². The third-order valence-corrected chi connectivity index (χ3v) is 3.99. The molecule has 1 aromatic carbocycles. The molecule has 0 fully saturated rings. The lowest BCUT2D eigenvalue weighted by atomic mass is 10.1. The highest BCUT2D eigenvalue weighted by Crippen LogP contribution is 2.30. The standard InChI is InChI=1S/C10H7Br2NO2/c11-7-2-6-5(1-10(14)15)4-13-9(6)3-8(7)12/h2-4,13H,1H2,(H,14,15). The van der Waals surface area contributed by atoms with Gasteiger partial charge in [-0.25, -0.2) is 0 Å². The molecule has 0 saturated carbocycles. The second-order valence-electron chi connectivity index (χ2n) is 3.20. The summed E-state index contributed by atoms with van der Waals surface area (Å²) in [5.41, 5.74) is 1.73. The summed E-state index contributed by atoms with van der Waals surface area (Å²) in [5.74, 6) is -0.824. The molecule has 0 aliphatic carbocycles. The highest BCUT2D eigenvalue weighted by Gasteiger charge is 2.09. The number of halogens is 2. The summed E-state index contributed by atoms with van der Waals surface area (Å²) in [7, 11) is 0. The number of aromatic amines is 1. The van der Waals surface area contributed by atoms with Gasteiger partial charge in [0, 0.05) is 26.0 Å². The van der Waals surface area contributed by atoms with E-state index in [9.17, 15) is 4.79 Å². The Morgan fingerprint density at radius 3 is 2.67 bits per heavy atom. The number of H-pyrrole nitrogens is 1. The smallest absolute Gasteiger partial charge is 0.307 e. The number of fused-ring (bicyclic) bond motifs is 1. The van der Waals surface area contributed by atoms with Crippen LogP contribution >= 0.6 is 31.9 Å². The predicted octanol–water partition coefficient (Wildman–Crippen LogP) is 3.32. The number of aromatic nitrogens is 1. The summed E-state index contributed by atoms with van der Waals surface area (Å²) in [4.78, 5) is 13.7. The minimum Gasteiger partial charge on any atom is -0.481 e. The molecule has 1 heterocycles. The minimum absolute atomic E-state index is 0.0358. The van der Waals surface area contributed by atoms with E-state index in [1.807, 2.05) is 12.1 Å². The number of carboxylic acid groups (broad SMARTS) is 1. The van der Waals surface area contributed by atoms with Gasteiger partial charge in [0.1, 0.15) is 0 Å². The van der Waals surface area contributed by atoms with Crippen LogP contribution in [-0.2, 0) is 11.2 Å². The molecule has 2 rings (SSSR count). The Bertz CT molecular complexity index is 533. The van der Waals surface area contributed by atoms with Crippen LogP contribution in [0.3, 0.4) is 0 Å². The van der Waals surface area contributed by atoms with Crippen LogP contribution in [0.15, 0.2) is 27.3 Å². The fraction of sp³-hybridized carbons (Fsp3) is 0.100. The Labute approximate surface area is 103 Å². The van der Waals surface area contributed by atoms with Gasteiger partial charge < -0.3 is 10.1 Å². The van der Waals surface area contributed by atoms with E-state index in [0.717, 1.165) is 25.4 Å². The van der Waals surface area contributed by atoms with Gasteiger partial charge in [-0.2, -0.15) is 0 Å². The van der Waals surface area contributed by atoms with Crippen molar-refractivity contribution < 1.29 is 9.90 Å². The maximum absolute atomic E-state index is 10.6. The van der Waals surface area contributed by atoms with Crippen molar-refractivity contribution in [2.75, 3.05) is 0 Å². The van der Waals surface area contributed by atoms with Crippen LogP contribution < -0.4 is 0 Å². The molecule has 0 unspecified atom stereocenters. The number of nitrogens with one attached hydrogen (secondary N) is 1. The number of carboxylic acids is 1.